The molecular weight excluding hydrogens is 226 g/mol. The van der Waals surface area contributed by atoms with Crippen molar-refractivity contribution in [2.24, 2.45) is 5.73 Å². The SMILES string of the molecule is Cc1cccnc1C(=O)NC1(CN)CCCCC1. The molecule has 1 aliphatic rings. The molecule has 1 heterocycles. The molecule has 98 valence electrons. The van der Waals surface area contributed by atoms with Crippen molar-refractivity contribution in [3.63, 3.8) is 0 Å². The number of nitrogens with zero attached hydrogens (tertiary/aromatic N) is 1. The standard InChI is InChI=1S/C14H21N3O/c1-11-6-5-9-16-12(11)13(18)17-14(10-15)7-3-2-4-8-14/h5-6,9H,2-4,7-8,10,15H2,1H3,(H,17,18). The second kappa shape index (κ2) is 5.48. The van der Waals surface area contributed by atoms with Crippen molar-refractivity contribution in [1.82, 2.24) is 10.3 Å². The van der Waals surface area contributed by atoms with Crippen LogP contribution < -0.4 is 11.1 Å². The number of aryl methyl sites for hydroxylation is 1. The quantitative estimate of drug-likeness (QED) is 0.855. The van der Waals surface area contributed by atoms with Crippen molar-refractivity contribution in [3.05, 3.63) is 29.6 Å². The lowest BCUT2D eigenvalue weighted by atomic mass is 9.81. The third-order valence-electron chi connectivity index (χ3n) is 3.80. The van der Waals surface area contributed by atoms with Gasteiger partial charge in [-0.1, -0.05) is 25.3 Å². The Kier molecular flexibility index (Phi) is 3.97. The van der Waals surface area contributed by atoms with Crippen LogP contribution in [0.4, 0.5) is 0 Å². The van der Waals surface area contributed by atoms with Crippen LogP contribution in [0.25, 0.3) is 0 Å². The monoisotopic (exact) mass is 247 g/mol. The minimum atomic E-state index is -0.223. The average Bonchev–Trinajstić information content (AvgIpc) is 2.40. The molecule has 0 radical (unpaired) electrons. The molecule has 0 atom stereocenters. The zero-order valence-corrected chi connectivity index (χ0v) is 10.9. The molecule has 18 heavy (non-hydrogen) atoms. The number of nitrogens with one attached hydrogen (secondary N) is 1. The number of amides is 1. The summed E-state index contributed by atoms with van der Waals surface area (Å²) >= 11 is 0. The molecule has 1 fully saturated rings. The van der Waals surface area contributed by atoms with Crippen molar-refractivity contribution in [2.75, 3.05) is 6.54 Å². The summed E-state index contributed by atoms with van der Waals surface area (Å²) in [5.74, 6) is -0.0968. The topological polar surface area (TPSA) is 68.0 Å². The Morgan fingerprint density at radius 3 is 2.78 bits per heavy atom. The van der Waals surface area contributed by atoms with Gasteiger partial charge in [0.25, 0.3) is 5.91 Å². The third-order valence-corrected chi connectivity index (χ3v) is 3.80. The lowest BCUT2D eigenvalue weighted by Gasteiger charge is -2.37. The van der Waals surface area contributed by atoms with Crippen LogP contribution in [0.2, 0.25) is 0 Å². The maximum atomic E-state index is 12.3. The van der Waals surface area contributed by atoms with Gasteiger partial charge in [0.2, 0.25) is 0 Å². The van der Waals surface area contributed by atoms with Crippen LogP contribution in [0.15, 0.2) is 18.3 Å². The minimum Gasteiger partial charge on any atom is -0.344 e. The second-order valence-electron chi connectivity index (χ2n) is 5.17. The van der Waals surface area contributed by atoms with Crippen LogP contribution in [-0.2, 0) is 0 Å². The van der Waals surface area contributed by atoms with Gasteiger partial charge in [-0.3, -0.25) is 9.78 Å². The van der Waals surface area contributed by atoms with E-state index < -0.39 is 0 Å². The van der Waals surface area contributed by atoms with Crippen LogP contribution in [0.5, 0.6) is 0 Å². The van der Waals surface area contributed by atoms with Crippen molar-refractivity contribution in [1.29, 1.82) is 0 Å². The van der Waals surface area contributed by atoms with E-state index in [9.17, 15) is 4.79 Å². The summed E-state index contributed by atoms with van der Waals surface area (Å²) in [7, 11) is 0. The fraction of sp³-hybridized carbons (Fsp3) is 0.571. The number of hydrogen-bond donors (Lipinski definition) is 2. The highest BCUT2D eigenvalue weighted by molar-refractivity contribution is 5.94. The Bertz CT molecular complexity index is 425. The van der Waals surface area contributed by atoms with E-state index in [-0.39, 0.29) is 11.4 Å². The largest absolute Gasteiger partial charge is 0.344 e. The molecule has 1 saturated carbocycles. The van der Waals surface area contributed by atoms with E-state index in [1.807, 2.05) is 19.1 Å². The van der Waals surface area contributed by atoms with Gasteiger partial charge in [0, 0.05) is 12.7 Å². The minimum absolute atomic E-state index is 0.0968. The van der Waals surface area contributed by atoms with Crippen molar-refractivity contribution >= 4 is 5.91 Å². The molecule has 0 saturated heterocycles. The average molecular weight is 247 g/mol. The van der Waals surface area contributed by atoms with Gasteiger partial charge in [-0.15, -0.1) is 0 Å². The Morgan fingerprint density at radius 2 is 2.17 bits per heavy atom. The van der Waals surface area contributed by atoms with E-state index in [1.54, 1.807) is 6.20 Å². The number of aromatic nitrogens is 1. The fourth-order valence-corrected chi connectivity index (χ4v) is 2.63. The summed E-state index contributed by atoms with van der Waals surface area (Å²) in [4.78, 5) is 16.4. The Balaban J connectivity index is 2.13. The second-order valence-corrected chi connectivity index (χ2v) is 5.17. The van der Waals surface area contributed by atoms with Crippen LogP contribution >= 0.6 is 0 Å². The maximum absolute atomic E-state index is 12.3. The first kappa shape index (κ1) is 13.0. The van der Waals surface area contributed by atoms with Crippen LogP contribution in [0.1, 0.15) is 48.2 Å². The molecule has 1 amide bonds. The van der Waals surface area contributed by atoms with E-state index in [4.69, 9.17) is 5.73 Å². The molecule has 4 nitrogen and oxygen atoms in total. The van der Waals surface area contributed by atoms with Crippen molar-refractivity contribution < 1.29 is 4.79 Å². The number of rotatable bonds is 3. The molecule has 0 aromatic carbocycles. The highest BCUT2D eigenvalue weighted by Crippen LogP contribution is 2.27. The summed E-state index contributed by atoms with van der Waals surface area (Å²) in [5.41, 5.74) is 7.06. The number of carbonyl (C=O) groups excluding carboxylic acids is 1. The molecule has 2 rings (SSSR count). The lowest BCUT2D eigenvalue weighted by molar-refractivity contribution is 0.0868. The van der Waals surface area contributed by atoms with E-state index >= 15 is 0 Å². The Morgan fingerprint density at radius 1 is 1.44 bits per heavy atom. The molecule has 4 heteroatoms. The molecule has 1 aromatic rings. The first-order valence-corrected chi connectivity index (χ1v) is 6.61. The summed E-state index contributed by atoms with van der Waals surface area (Å²) in [6.45, 7) is 2.41. The van der Waals surface area contributed by atoms with Crippen molar-refractivity contribution in [2.45, 2.75) is 44.6 Å². The molecule has 0 bridgehead atoms. The van der Waals surface area contributed by atoms with Gasteiger partial charge in [-0.05, 0) is 31.4 Å². The Hall–Kier alpha value is -1.42. The van der Waals surface area contributed by atoms with E-state index in [0.717, 1.165) is 31.2 Å². The molecule has 0 spiro atoms. The smallest absolute Gasteiger partial charge is 0.270 e. The molecule has 0 aliphatic heterocycles. The van der Waals surface area contributed by atoms with Gasteiger partial charge >= 0.3 is 0 Å². The third kappa shape index (κ3) is 2.70. The molecule has 1 aliphatic carbocycles. The van der Waals surface area contributed by atoms with E-state index in [1.165, 1.54) is 6.42 Å². The highest BCUT2D eigenvalue weighted by atomic mass is 16.2. The van der Waals surface area contributed by atoms with Gasteiger partial charge in [0.15, 0.2) is 0 Å². The summed E-state index contributed by atoms with van der Waals surface area (Å²) in [5, 5.41) is 3.11. The van der Waals surface area contributed by atoms with Gasteiger partial charge in [-0.2, -0.15) is 0 Å². The van der Waals surface area contributed by atoms with Crippen LogP contribution in [0.3, 0.4) is 0 Å². The van der Waals surface area contributed by atoms with Crippen LogP contribution in [-0.4, -0.2) is 23.0 Å². The zero-order chi connectivity index (χ0) is 13.0. The summed E-state index contributed by atoms with van der Waals surface area (Å²) < 4.78 is 0. The van der Waals surface area contributed by atoms with Crippen LogP contribution in [0, 0.1) is 6.92 Å². The number of hydrogen-bond acceptors (Lipinski definition) is 3. The number of pyridine rings is 1. The fourth-order valence-electron chi connectivity index (χ4n) is 2.63. The molecule has 0 unspecified atom stereocenters. The summed E-state index contributed by atoms with van der Waals surface area (Å²) in [6.07, 6.45) is 7.11. The van der Waals surface area contributed by atoms with E-state index in [0.29, 0.717) is 12.2 Å². The lowest BCUT2D eigenvalue weighted by Crippen LogP contribution is -2.55. The van der Waals surface area contributed by atoms with Crippen molar-refractivity contribution in [3.8, 4) is 0 Å². The molecule has 3 N–H and O–H groups in total. The predicted octanol–water partition coefficient (Wildman–Crippen LogP) is 1.78. The molecular formula is C14H21N3O. The number of nitrogens with two attached hydrogens (primary N) is 1. The van der Waals surface area contributed by atoms with Gasteiger partial charge in [0.05, 0.1) is 5.54 Å². The molecule has 1 aromatic heterocycles. The normalized spacial score (nSPS) is 18.3. The van der Waals surface area contributed by atoms with Gasteiger partial charge < -0.3 is 11.1 Å². The Labute approximate surface area is 108 Å². The zero-order valence-electron chi connectivity index (χ0n) is 10.9. The highest BCUT2D eigenvalue weighted by Gasteiger charge is 2.32. The first-order chi connectivity index (χ1) is 8.67. The number of carbonyl (C=O) groups is 1. The van der Waals surface area contributed by atoms with Gasteiger partial charge in [-0.25, -0.2) is 0 Å². The van der Waals surface area contributed by atoms with Gasteiger partial charge in [0.1, 0.15) is 5.69 Å². The van der Waals surface area contributed by atoms with E-state index in [2.05, 4.69) is 10.3 Å². The first-order valence-electron chi connectivity index (χ1n) is 6.61. The summed E-state index contributed by atoms with van der Waals surface area (Å²) in [6, 6.07) is 3.74. The predicted molar refractivity (Wildman–Crippen MR) is 71.3 cm³/mol. The maximum Gasteiger partial charge on any atom is 0.270 e.